The highest BCUT2D eigenvalue weighted by molar-refractivity contribution is 9.09. The van der Waals surface area contributed by atoms with E-state index in [0.29, 0.717) is 16.7 Å². The molecule has 0 aliphatic heterocycles. The summed E-state index contributed by atoms with van der Waals surface area (Å²) in [7, 11) is 2.00. The van der Waals surface area contributed by atoms with Crippen molar-refractivity contribution in [2.75, 3.05) is 13.6 Å². The molecular weight excluding hydrogens is 290 g/mol. The maximum absolute atomic E-state index is 12.4. The Bertz CT molecular complexity index is 268. The standard InChI is InChI=1S/C15H26BrNO/c1-17(11-12-9-14(16)10-12)15(18)13-7-5-3-2-4-6-8-13/h12-14H,2-11H2,1H3. The van der Waals surface area contributed by atoms with E-state index in [1.165, 1.54) is 44.9 Å². The number of amides is 1. The lowest BCUT2D eigenvalue weighted by Crippen LogP contribution is -2.40. The van der Waals surface area contributed by atoms with E-state index in [2.05, 4.69) is 15.9 Å². The van der Waals surface area contributed by atoms with Gasteiger partial charge in [-0.1, -0.05) is 48.0 Å². The number of hydrogen-bond acceptors (Lipinski definition) is 1. The largest absolute Gasteiger partial charge is 0.345 e. The van der Waals surface area contributed by atoms with Gasteiger partial charge in [0.2, 0.25) is 5.91 Å². The first kappa shape index (κ1) is 14.4. The molecule has 0 aromatic carbocycles. The smallest absolute Gasteiger partial charge is 0.225 e. The van der Waals surface area contributed by atoms with Crippen molar-refractivity contribution in [3.05, 3.63) is 0 Å². The predicted molar refractivity (Wildman–Crippen MR) is 78.9 cm³/mol. The molecule has 1 amide bonds. The van der Waals surface area contributed by atoms with E-state index in [0.717, 1.165) is 25.3 Å². The minimum absolute atomic E-state index is 0.315. The van der Waals surface area contributed by atoms with E-state index < -0.39 is 0 Å². The van der Waals surface area contributed by atoms with Crippen molar-refractivity contribution in [3.8, 4) is 0 Å². The molecular formula is C15H26BrNO. The van der Waals surface area contributed by atoms with E-state index in [9.17, 15) is 4.79 Å². The Morgan fingerprint density at radius 3 is 2.22 bits per heavy atom. The quantitative estimate of drug-likeness (QED) is 0.721. The fourth-order valence-corrected chi connectivity index (χ4v) is 4.35. The second-order valence-electron chi connectivity index (χ2n) is 6.20. The van der Waals surface area contributed by atoms with E-state index >= 15 is 0 Å². The summed E-state index contributed by atoms with van der Waals surface area (Å²) in [5.41, 5.74) is 0. The fraction of sp³-hybridized carbons (Fsp3) is 0.933. The van der Waals surface area contributed by atoms with Gasteiger partial charge >= 0.3 is 0 Å². The topological polar surface area (TPSA) is 20.3 Å². The first-order chi connectivity index (χ1) is 8.66. The highest BCUT2D eigenvalue weighted by atomic mass is 79.9. The van der Waals surface area contributed by atoms with Crippen molar-refractivity contribution in [3.63, 3.8) is 0 Å². The van der Waals surface area contributed by atoms with Crippen LogP contribution < -0.4 is 0 Å². The van der Waals surface area contributed by atoms with Crippen LogP contribution in [0.5, 0.6) is 0 Å². The Morgan fingerprint density at radius 1 is 1.11 bits per heavy atom. The number of alkyl halides is 1. The summed E-state index contributed by atoms with van der Waals surface area (Å²) in [5.74, 6) is 1.46. The lowest BCUT2D eigenvalue weighted by atomic mass is 9.84. The predicted octanol–water partition coefficient (Wildman–Crippen LogP) is 3.98. The van der Waals surface area contributed by atoms with Crippen molar-refractivity contribution >= 4 is 21.8 Å². The lowest BCUT2D eigenvalue weighted by Gasteiger charge is -2.35. The molecule has 2 aliphatic rings. The molecule has 2 fully saturated rings. The van der Waals surface area contributed by atoms with Crippen molar-refractivity contribution in [2.45, 2.75) is 62.6 Å². The normalized spacial score (nSPS) is 30.1. The Kier molecular flexibility index (Phi) is 5.53. The summed E-state index contributed by atoms with van der Waals surface area (Å²) in [5, 5.41) is 0. The maximum Gasteiger partial charge on any atom is 0.225 e. The van der Waals surface area contributed by atoms with Gasteiger partial charge < -0.3 is 4.90 Å². The Balaban J connectivity index is 1.76. The first-order valence-electron chi connectivity index (χ1n) is 7.56. The minimum atomic E-state index is 0.315. The molecule has 18 heavy (non-hydrogen) atoms. The third kappa shape index (κ3) is 3.97. The van der Waals surface area contributed by atoms with E-state index in [-0.39, 0.29) is 0 Å². The van der Waals surface area contributed by atoms with E-state index in [1.54, 1.807) is 0 Å². The van der Waals surface area contributed by atoms with Gasteiger partial charge in [-0.2, -0.15) is 0 Å². The molecule has 0 N–H and O–H groups in total. The van der Waals surface area contributed by atoms with Crippen LogP contribution in [0.15, 0.2) is 0 Å². The van der Waals surface area contributed by atoms with Crippen LogP contribution in [0.4, 0.5) is 0 Å². The average Bonchev–Trinajstić information content (AvgIpc) is 2.25. The molecule has 104 valence electrons. The van der Waals surface area contributed by atoms with Crippen LogP contribution in [0.25, 0.3) is 0 Å². The number of nitrogens with zero attached hydrogens (tertiary/aromatic N) is 1. The summed E-state index contributed by atoms with van der Waals surface area (Å²) in [6.45, 7) is 0.970. The van der Waals surface area contributed by atoms with E-state index in [1.807, 2.05) is 11.9 Å². The molecule has 0 spiro atoms. The van der Waals surface area contributed by atoms with Crippen molar-refractivity contribution in [1.82, 2.24) is 4.90 Å². The van der Waals surface area contributed by atoms with Gasteiger partial charge in [0.25, 0.3) is 0 Å². The SMILES string of the molecule is CN(CC1CC(Br)C1)C(=O)C1CCCCCCC1. The van der Waals surface area contributed by atoms with Gasteiger partial charge in [-0.3, -0.25) is 4.79 Å². The van der Waals surface area contributed by atoms with E-state index in [4.69, 9.17) is 0 Å². The molecule has 0 heterocycles. The molecule has 0 aromatic heterocycles. The van der Waals surface area contributed by atoms with Gasteiger partial charge in [0.15, 0.2) is 0 Å². The maximum atomic E-state index is 12.4. The second-order valence-corrected chi connectivity index (χ2v) is 7.49. The molecule has 0 atom stereocenters. The molecule has 3 heteroatoms. The van der Waals surface area contributed by atoms with Gasteiger partial charge in [-0.05, 0) is 31.6 Å². The third-order valence-corrected chi connectivity index (χ3v) is 5.29. The minimum Gasteiger partial charge on any atom is -0.345 e. The zero-order valence-electron chi connectivity index (χ0n) is 11.5. The highest BCUT2D eigenvalue weighted by Gasteiger charge is 2.30. The highest BCUT2D eigenvalue weighted by Crippen LogP contribution is 2.34. The third-order valence-electron chi connectivity index (χ3n) is 4.54. The summed E-state index contributed by atoms with van der Waals surface area (Å²) in [6, 6.07) is 0. The number of carbonyl (C=O) groups is 1. The molecule has 0 radical (unpaired) electrons. The van der Waals surface area contributed by atoms with Crippen LogP contribution in [-0.2, 0) is 4.79 Å². The molecule has 2 saturated carbocycles. The molecule has 0 saturated heterocycles. The average molecular weight is 316 g/mol. The van der Waals surface area contributed by atoms with Gasteiger partial charge in [-0.25, -0.2) is 0 Å². The number of rotatable bonds is 3. The zero-order chi connectivity index (χ0) is 13.0. The second kappa shape index (κ2) is 6.93. The Labute approximate surface area is 120 Å². The van der Waals surface area contributed by atoms with Crippen LogP contribution in [-0.4, -0.2) is 29.2 Å². The van der Waals surface area contributed by atoms with Crippen molar-refractivity contribution in [1.29, 1.82) is 0 Å². The Morgan fingerprint density at radius 2 is 1.67 bits per heavy atom. The molecule has 2 rings (SSSR count). The van der Waals surface area contributed by atoms with Crippen LogP contribution in [0.1, 0.15) is 57.8 Å². The molecule has 0 bridgehead atoms. The summed E-state index contributed by atoms with van der Waals surface area (Å²) in [6.07, 6.45) is 11.2. The van der Waals surface area contributed by atoms with Crippen LogP contribution in [0, 0.1) is 11.8 Å². The van der Waals surface area contributed by atoms with Gasteiger partial charge in [0.1, 0.15) is 0 Å². The molecule has 0 unspecified atom stereocenters. The van der Waals surface area contributed by atoms with Crippen LogP contribution in [0.3, 0.4) is 0 Å². The van der Waals surface area contributed by atoms with Crippen molar-refractivity contribution < 1.29 is 4.79 Å². The monoisotopic (exact) mass is 315 g/mol. The summed E-state index contributed by atoms with van der Waals surface area (Å²) < 4.78 is 0. The van der Waals surface area contributed by atoms with Crippen LogP contribution >= 0.6 is 15.9 Å². The van der Waals surface area contributed by atoms with Crippen molar-refractivity contribution in [2.24, 2.45) is 11.8 Å². The summed E-state index contributed by atoms with van der Waals surface area (Å²) >= 11 is 3.62. The lowest BCUT2D eigenvalue weighted by molar-refractivity contribution is -0.135. The summed E-state index contributed by atoms with van der Waals surface area (Å²) in [4.78, 5) is 15.1. The first-order valence-corrected chi connectivity index (χ1v) is 8.47. The fourth-order valence-electron chi connectivity index (χ4n) is 3.30. The van der Waals surface area contributed by atoms with Gasteiger partial charge in [-0.15, -0.1) is 0 Å². The van der Waals surface area contributed by atoms with Gasteiger partial charge in [0.05, 0.1) is 0 Å². The Hall–Kier alpha value is -0.0500. The zero-order valence-corrected chi connectivity index (χ0v) is 13.1. The molecule has 0 aromatic rings. The molecule has 2 nitrogen and oxygen atoms in total. The number of hydrogen-bond donors (Lipinski definition) is 0. The van der Waals surface area contributed by atoms with Crippen LogP contribution in [0.2, 0.25) is 0 Å². The molecule has 2 aliphatic carbocycles. The van der Waals surface area contributed by atoms with Gasteiger partial charge in [0, 0.05) is 24.3 Å². The number of carbonyl (C=O) groups excluding carboxylic acids is 1. The number of halogens is 1.